The molecular formula is C22H20FN3O3. The Bertz CT molecular complexity index is 1070. The van der Waals surface area contributed by atoms with Crippen molar-refractivity contribution in [3.05, 3.63) is 72.0 Å². The standard InChI is InChI=1S/C22H20FN3O3/c1-2-13-29-20-12-11-15-7-3-4-8-16(15)17(20)14-24-26-22(28)21(27)25-19-10-6-5-9-18(19)23/h3-12,14H,2,13H2,1H3,(H,25,27)(H,26,28)/b24-14-. The summed E-state index contributed by atoms with van der Waals surface area (Å²) in [6, 6.07) is 17.0. The summed E-state index contributed by atoms with van der Waals surface area (Å²) in [6.07, 6.45) is 2.28. The Hall–Kier alpha value is -3.74. The average Bonchev–Trinajstić information content (AvgIpc) is 2.74. The van der Waals surface area contributed by atoms with Crippen LogP contribution in [0.25, 0.3) is 10.8 Å². The van der Waals surface area contributed by atoms with E-state index < -0.39 is 17.6 Å². The third-order valence-corrected chi connectivity index (χ3v) is 4.08. The minimum Gasteiger partial charge on any atom is -0.493 e. The van der Waals surface area contributed by atoms with Crippen LogP contribution in [-0.2, 0) is 9.59 Å². The number of nitrogens with zero attached hydrogens (tertiary/aromatic N) is 1. The summed E-state index contributed by atoms with van der Waals surface area (Å²) in [4.78, 5) is 23.9. The van der Waals surface area contributed by atoms with Crippen LogP contribution in [0.5, 0.6) is 5.75 Å². The molecule has 0 heterocycles. The lowest BCUT2D eigenvalue weighted by atomic mass is 10.0. The Morgan fingerprint density at radius 2 is 1.79 bits per heavy atom. The van der Waals surface area contributed by atoms with Gasteiger partial charge in [0.25, 0.3) is 0 Å². The van der Waals surface area contributed by atoms with Crippen LogP contribution in [0, 0.1) is 5.82 Å². The second kappa shape index (κ2) is 9.45. The highest BCUT2D eigenvalue weighted by molar-refractivity contribution is 6.39. The Morgan fingerprint density at radius 3 is 2.59 bits per heavy atom. The van der Waals surface area contributed by atoms with Crippen LogP contribution >= 0.6 is 0 Å². The molecule has 0 aromatic heterocycles. The van der Waals surface area contributed by atoms with Crippen molar-refractivity contribution in [2.24, 2.45) is 5.10 Å². The van der Waals surface area contributed by atoms with Crippen LogP contribution < -0.4 is 15.5 Å². The zero-order valence-electron chi connectivity index (χ0n) is 15.8. The molecule has 3 aromatic carbocycles. The number of rotatable bonds is 6. The summed E-state index contributed by atoms with van der Waals surface area (Å²) in [7, 11) is 0. The van der Waals surface area contributed by atoms with Gasteiger partial charge >= 0.3 is 11.8 Å². The number of anilines is 1. The lowest BCUT2D eigenvalue weighted by Gasteiger charge is -2.11. The van der Waals surface area contributed by atoms with Gasteiger partial charge in [0.05, 0.1) is 18.5 Å². The maximum atomic E-state index is 13.6. The molecule has 0 bridgehead atoms. The van der Waals surface area contributed by atoms with Gasteiger partial charge in [0.15, 0.2) is 0 Å². The molecule has 3 rings (SSSR count). The van der Waals surface area contributed by atoms with Crippen molar-refractivity contribution in [3.63, 3.8) is 0 Å². The largest absolute Gasteiger partial charge is 0.493 e. The van der Waals surface area contributed by atoms with Crippen LogP contribution in [-0.4, -0.2) is 24.6 Å². The maximum Gasteiger partial charge on any atom is 0.329 e. The van der Waals surface area contributed by atoms with Gasteiger partial charge in [-0.05, 0) is 35.4 Å². The molecule has 0 aliphatic carbocycles. The molecule has 0 radical (unpaired) electrons. The van der Waals surface area contributed by atoms with Crippen LogP contribution in [0.1, 0.15) is 18.9 Å². The predicted molar refractivity (Wildman–Crippen MR) is 111 cm³/mol. The number of hydrogen-bond donors (Lipinski definition) is 2. The molecule has 148 valence electrons. The first-order chi connectivity index (χ1) is 14.1. The SMILES string of the molecule is CCCOc1ccc2ccccc2c1/C=N\NC(=O)C(=O)Nc1ccccc1F. The van der Waals surface area contributed by atoms with Gasteiger partial charge in [-0.15, -0.1) is 0 Å². The van der Waals surface area contributed by atoms with Crippen molar-refractivity contribution in [2.45, 2.75) is 13.3 Å². The van der Waals surface area contributed by atoms with E-state index in [1.165, 1.54) is 24.4 Å². The fourth-order valence-electron chi connectivity index (χ4n) is 2.69. The summed E-state index contributed by atoms with van der Waals surface area (Å²) in [5, 5.41) is 7.97. The molecule has 29 heavy (non-hydrogen) atoms. The minimum atomic E-state index is -1.02. The molecule has 0 aliphatic rings. The van der Waals surface area contributed by atoms with Crippen molar-refractivity contribution < 1.29 is 18.7 Å². The number of nitrogens with one attached hydrogen (secondary N) is 2. The summed E-state index contributed by atoms with van der Waals surface area (Å²) in [6.45, 7) is 2.54. The maximum absolute atomic E-state index is 13.6. The molecule has 3 aromatic rings. The topological polar surface area (TPSA) is 79.8 Å². The summed E-state index contributed by atoms with van der Waals surface area (Å²) >= 11 is 0. The highest BCUT2D eigenvalue weighted by Gasteiger charge is 2.15. The highest BCUT2D eigenvalue weighted by Crippen LogP contribution is 2.26. The van der Waals surface area contributed by atoms with E-state index in [0.29, 0.717) is 17.9 Å². The first-order valence-electron chi connectivity index (χ1n) is 9.13. The number of ether oxygens (including phenoxy) is 1. The van der Waals surface area contributed by atoms with Crippen LogP contribution in [0.4, 0.5) is 10.1 Å². The van der Waals surface area contributed by atoms with E-state index in [1.54, 1.807) is 6.07 Å². The number of fused-ring (bicyclic) bond motifs is 1. The molecule has 0 atom stereocenters. The normalized spacial score (nSPS) is 10.8. The number of para-hydroxylation sites is 1. The van der Waals surface area contributed by atoms with E-state index in [2.05, 4.69) is 15.8 Å². The third kappa shape index (κ3) is 4.95. The van der Waals surface area contributed by atoms with Crippen molar-refractivity contribution in [3.8, 4) is 5.75 Å². The van der Waals surface area contributed by atoms with Gasteiger partial charge in [-0.2, -0.15) is 5.10 Å². The lowest BCUT2D eigenvalue weighted by molar-refractivity contribution is -0.136. The van der Waals surface area contributed by atoms with E-state index in [-0.39, 0.29) is 5.69 Å². The number of carbonyl (C=O) groups excluding carboxylic acids is 2. The predicted octanol–water partition coefficient (Wildman–Crippen LogP) is 3.86. The van der Waals surface area contributed by atoms with E-state index in [9.17, 15) is 14.0 Å². The second-order valence-corrected chi connectivity index (χ2v) is 6.18. The van der Waals surface area contributed by atoms with Crippen LogP contribution in [0.2, 0.25) is 0 Å². The molecule has 0 fully saturated rings. The highest BCUT2D eigenvalue weighted by atomic mass is 19.1. The summed E-state index contributed by atoms with van der Waals surface area (Å²) < 4.78 is 19.4. The molecule has 0 unspecified atom stereocenters. The molecule has 2 amide bonds. The van der Waals surface area contributed by atoms with Gasteiger partial charge in [0.1, 0.15) is 11.6 Å². The van der Waals surface area contributed by atoms with E-state index >= 15 is 0 Å². The summed E-state index contributed by atoms with van der Waals surface area (Å²) in [5.74, 6) is -2.04. The smallest absolute Gasteiger partial charge is 0.329 e. The Morgan fingerprint density at radius 1 is 1.03 bits per heavy atom. The van der Waals surface area contributed by atoms with E-state index in [4.69, 9.17) is 4.74 Å². The van der Waals surface area contributed by atoms with E-state index in [1.807, 2.05) is 43.3 Å². The Labute approximate surface area is 167 Å². The molecule has 0 saturated carbocycles. The van der Waals surface area contributed by atoms with E-state index in [0.717, 1.165) is 17.2 Å². The summed E-state index contributed by atoms with van der Waals surface area (Å²) in [5.41, 5.74) is 2.76. The zero-order chi connectivity index (χ0) is 20.6. The average molecular weight is 393 g/mol. The quantitative estimate of drug-likeness (QED) is 0.379. The van der Waals surface area contributed by atoms with Crippen LogP contribution in [0.3, 0.4) is 0 Å². The molecule has 7 heteroatoms. The van der Waals surface area contributed by atoms with Crippen molar-refractivity contribution >= 4 is 34.5 Å². The minimum absolute atomic E-state index is 0.0825. The van der Waals surface area contributed by atoms with Gasteiger partial charge in [0, 0.05) is 5.56 Å². The first-order valence-corrected chi connectivity index (χ1v) is 9.13. The molecule has 6 nitrogen and oxygen atoms in total. The fraction of sp³-hybridized carbons (Fsp3) is 0.136. The fourth-order valence-corrected chi connectivity index (χ4v) is 2.69. The number of carbonyl (C=O) groups is 2. The zero-order valence-corrected chi connectivity index (χ0v) is 15.8. The number of hydrogen-bond acceptors (Lipinski definition) is 4. The molecule has 0 spiro atoms. The Kier molecular flexibility index (Phi) is 6.52. The molecular weight excluding hydrogens is 373 g/mol. The first kappa shape index (κ1) is 20.0. The third-order valence-electron chi connectivity index (χ3n) is 4.08. The van der Waals surface area contributed by atoms with Gasteiger partial charge < -0.3 is 10.1 Å². The number of halogens is 1. The van der Waals surface area contributed by atoms with Gasteiger partial charge in [-0.3, -0.25) is 9.59 Å². The van der Waals surface area contributed by atoms with Gasteiger partial charge in [-0.25, -0.2) is 9.82 Å². The number of hydrazone groups is 1. The number of amides is 2. The van der Waals surface area contributed by atoms with Crippen molar-refractivity contribution in [1.29, 1.82) is 0 Å². The second-order valence-electron chi connectivity index (χ2n) is 6.18. The molecule has 2 N–H and O–H groups in total. The lowest BCUT2D eigenvalue weighted by Crippen LogP contribution is -2.32. The molecule has 0 aliphatic heterocycles. The Balaban J connectivity index is 1.75. The van der Waals surface area contributed by atoms with Crippen molar-refractivity contribution in [2.75, 3.05) is 11.9 Å². The number of benzene rings is 3. The van der Waals surface area contributed by atoms with Crippen molar-refractivity contribution in [1.82, 2.24) is 5.43 Å². The monoisotopic (exact) mass is 393 g/mol. The van der Waals surface area contributed by atoms with Gasteiger partial charge in [-0.1, -0.05) is 49.4 Å². The van der Waals surface area contributed by atoms with Crippen LogP contribution in [0.15, 0.2) is 65.8 Å². The molecule has 0 saturated heterocycles. The van der Waals surface area contributed by atoms with Gasteiger partial charge in [0.2, 0.25) is 0 Å².